The van der Waals surface area contributed by atoms with Crippen LogP contribution in [0.4, 0.5) is 0 Å². The summed E-state index contributed by atoms with van der Waals surface area (Å²) in [5, 5.41) is -1.56. The maximum atomic E-state index is 10.5. The van der Waals surface area contributed by atoms with E-state index in [2.05, 4.69) is 4.42 Å². The molecule has 7 heteroatoms. The number of hydrogen-bond acceptors (Lipinski definition) is 4. The molecule has 18 heavy (non-hydrogen) atoms. The van der Waals surface area contributed by atoms with Crippen molar-refractivity contribution in [2.75, 3.05) is 0 Å². The maximum Gasteiger partial charge on any atom is 0.287 e. The SMILES string of the molecule is CCC(CC(=O)Cl)C(=O)Cl.O=C(Cl)c1ccco1. The van der Waals surface area contributed by atoms with Gasteiger partial charge in [0.25, 0.3) is 5.24 Å². The van der Waals surface area contributed by atoms with Gasteiger partial charge in [0.05, 0.1) is 6.26 Å². The van der Waals surface area contributed by atoms with Crippen LogP contribution in [-0.2, 0) is 9.59 Å². The summed E-state index contributed by atoms with van der Waals surface area (Å²) < 4.78 is 4.61. The van der Waals surface area contributed by atoms with E-state index in [-0.39, 0.29) is 12.2 Å². The Balaban J connectivity index is 0.000000327. The summed E-state index contributed by atoms with van der Waals surface area (Å²) in [5.41, 5.74) is 0. The molecule has 1 heterocycles. The molecule has 0 aliphatic carbocycles. The third-order valence-electron chi connectivity index (χ3n) is 1.94. The van der Waals surface area contributed by atoms with Crippen LogP contribution in [0.2, 0.25) is 0 Å². The molecule has 1 unspecified atom stereocenters. The number of halogens is 3. The molecule has 100 valence electrons. The van der Waals surface area contributed by atoms with Gasteiger partial charge in [-0.3, -0.25) is 14.4 Å². The first kappa shape index (κ1) is 17.2. The van der Waals surface area contributed by atoms with Gasteiger partial charge in [-0.25, -0.2) is 0 Å². The van der Waals surface area contributed by atoms with E-state index in [0.717, 1.165) is 0 Å². The molecule has 0 saturated heterocycles. The minimum atomic E-state index is -0.560. The van der Waals surface area contributed by atoms with Crippen LogP contribution in [0.25, 0.3) is 0 Å². The number of carbonyl (C=O) groups excluding carboxylic acids is 3. The molecule has 0 spiro atoms. The van der Waals surface area contributed by atoms with Gasteiger partial charge < -0.3 is 4.42 Å². The van der Waals surface area contributed by atoms with Crippen molar-refractivity contribution in [3.8, 4) is 0 Å². The average molecular weight is 314 g/mol. The quantitative estimate of drug-likeness (QED) is 0.779. The molecule has 1 aromatic rings. The minimum absolute atomic E-state index is 0.0421. The van der Waals surface area contributed by atoms with Gasteiger partial charge in [-0.1, -0.05) is 6.92 Å². The molecular formula is C11H11Cl3O4. The van der Waals surface area contributed by atoms with Gasteiger partial charge in [0.1, 0.15) is 0 Å². The second-order valence-corrected chi connectivity index (χ2v) is 4.36. The molecule has 0 aliphatic rings. The highest BCUT2D eigenvalue weighted by molar-refractivity contribution is 6.67. The first-order valence-electron chi connectivity index (χ1n) is 4.99. The zero-order valence-corrected chi connectivity index (χ0v) is 11.8. The molecule has 1 rings (SSSR count). The number of furan rings is 1. The fourth-order valence-electron chi connectivity index (χ4n) is 0.969. The van der Waals surface area contributed by atoms with Crippen LogP contribution in [0.3, 0.4) is 0 Å². The lowest BCUT2D eigenvalue weighted by Crippen LogP contribution is -2.10. The van der Waals surface area contributed by atoms with Crippen molar-refractivity contribution < 1.29 is 18.8 Å². The lowest BCUT2D eigenvalue weighted by Gasteiger charge is -2.03. The Bertz CT molecular complexity index is 400. The van der Waals surface area contributed by atoms with E-state index in [9.17, 15) is 14.4 Å². The van der Waals surface area contributed by atoms with Crippen molar-refractivity contribution in [2.45, 2.75) is 19.8 Å². The zero-order valence-electron chi connectivity index (χ0n) is 9.49. The van der Waals surface area contributed by atoms with Crippen molar-refractivity contribution in [1.82, 2.24) is 0 Å². The highest BCUT2D eigenvalue weighted by atomic mass is 35.5. The van der Waals surface area contributed by atoms with Crippen molar-refractivity contribution in [1.29, 1.82) is 0 Å². The summed E-state index contributed by atoms with van der Waals surface area (Å²) in [5.74, 6) is -0.224. The van der Waals surface area contributed by atoms with E-state index in [1.54, 1.807) is 13.0 Å². The van der Waals surface area contributed by atoms with Gasteiger partial charge in [0.2, 0.25) is 10.5 Å². The number of rotatable bonds is 5. The normalized spacial score (nSPS) is 11.1. The Morgan fingerprint density at radius 3 is 2.06 bits per heavy atom. The van der Waals surface area contributed by atoms with Gasteiger partial charge in [0.15, 0.2) is 5.76 Å². The second kappa shape index (κ2) is 9.14. The third-order valence-corrected chi connectivity index (χ3v) is 2.58. The van der Waals surface area contributed by atoms with Crippen molar-refractivity contribution in [3.63, 3.8) is 0 Å². The molecule has 0 bridgehead atoms. The summed E-state index contributed by atoms with van der Waals surface area (Å²) in [7, 11) is 0. The highest BCUT2D eigenvalue weighted by Gasteiger charge is 2.16. The molecule has 0 aromatic carbocycles. The van der Waals surface area contributed by atoms with Gasteiger partial charge in [-0.2, -0.15) is 0 Å². The maximum absolute atomic E-state index is 10.5. The molecular weight excluding hydrogens is 302 g/mol. The predicted molar refractivity (Wildman–Crippen MR) is 69.0 cm³/mol. The zero-order chi connectivity index (χ0) is 14.1. The highest BCUT2D eigenvalue weighted by Crippen LogP contribution is 2.13. The van der Waals surface area contributed by atoms with Crippen LogP contribution < -0.4 is 0 Å². The summed E-state index contributed by atoms with van der Waals surface area (Å²) in [6.07, 6.45) is 2.00. The summed E-state index contributed by atoms with van der Waals surface area (Å²) in [6, 6.07) is 3.12. The van der Waals surface area contributed by atoms with E-state index < -0.39 is 21.6 Å². The van der Waals surface area contributed by atoms with E-state index >= 15 is 0 Å². The molecule has 1 atom stereocenters. The molecule has 0 amide bonds. The molecule has 0 fully saturated rings. The van der Waals surface area contributed by atoms with Gasteiger partial charge in [0, 0.05) is 12.3 Å². The Kier molecular flexibility index (Phi) is 8.71. The summed E-state index contributed by atoms with van der Waals surface area (Å²) in [6.45, 7) is 1.78. The fraction of sp³-hybridized carbons (Fsp3) is 0.364. The van der Waals surface area contributed by atoms with Crippen LogP contribution in [0, 0.1) is 5.92 Å². The smallest absolute Gasteiger partial charge is 0.287 e. The van der Waals surface area contributed by atoms with Crippen LogP contribution in [-0.4, -0.2) is 15.7 Å². The topological polar surface area (TPSA) is 64.3 Å². The third kappa shape index (κ3) is 7.48. The van der Waals surface area contributed by atoms with E-state index in [1.807, 2.05) is 0 Å². The lowest BCUT2D eigenvalue weighted by atomic mass is 10.1. The molecule has 0 radical (unpaired) electrons. The average Bonchev–Trinajstić information content (AvgIpc) is 2.79. The molecule has 0 N–H and O–H groups in total. The van der Waals surface area contributed by atoms with Crippen molar-refractivity contribution in [3.05, 3.63) is 24.2 Å². The van der Waals surface area contributed by atoms with Gasteiger partial charge in [-0.05, 0) is 53.4 Å². The van der Waals surface area contributed by atoms with Gasteiger partial charge in [-0.15, -0.1) is 0 Å². The Labute approximate surface area is 119 Å². The van der Waals surface area contributed by atoms with Gasteiger partial charge >= 0.3 is 0 Å². The summed E-state index contributed by atoms with van der Waals surface area (Å²) in [4.78, 5) is 30.9. The fourth-order valence-corrected chi connectivity index (χ4v) is 1.49. The monoisotopic (exact) mass is 312 g/mol. The van der Waals surface area contributed by atoms with E-state index in [1.165, 1.54) is 12.3 Å². The Hall–Kier alpha value is -0.840. The van der Waals surface area contributed by atoms with Crippen LogP contribution >= 0.6 is 34.8 Å². The first-order valence-corrected chi connectivity index (χ1v) is 6.12. The second-order valence-electron chi connectivity index (χ2n) is 3.22. The lowest BCUT2D eigenvalue weighted by molar-refractivity contribution is -0.119. The summed E-state index contributed by atoms with van der Waals surface area (Å²) >= 11 is 15.2. The largest absolute Gasteiger partial charge is 0.460 e. The number of carbonyl (C=O) groups is 3. The van der Waals surface area contributed by atoms with Crippen LogP contribution in [0.1, 0.15) is 30.3 Å². The molecule has 4 nitrogen and oxygen atoms in total. The predicted octanol–water partition coefficient (Wildman–Crippen LogP) is 3.59. The van der Waals surface area contributed by atoms with Crippen molar-refractivity contribution >= 4 is 50.5 Å². The minimum Gasteiger partial charge on any atom is -0.460 e. The van der Waals surface area contributed by atoms with E-state index in [0.29, 0.717) is 6.42 Å². The van der Waals surface area contributed by atoms with Crippen molar-refractivity contribution in [2.24, 2.45) is 5.92 Å². The molecule has 0 saturated carbocycles. The van der Waals surface area contributed by atoms with E-state index in [4.69, 9.17) is 34.8 Å². The first-order chi connectivity index (χ1) is 8.38. The Morgan fingerprint density at radius 2 is 1.89 bits per heavy atom. The van der Waals surface area contributed by atoms with Crippen LogP contribution in [0.15, 0.2) is 22.8 Å². The molecule has 1 aromatic heterocycles. The molecule has 0 aliphatic heterocycles. The standard InChI is InChI=1S/C6H8Cl2O2.C5H3ClO2/c1-2-4(6(8)10)3-5(7)9;6-5(7)4-2-1-3-8-4/h4H,2-3H2,1H3;1-3H. The Morgan fingerprint density at radius 1 is 1.28 bits per heavy atom. The van der Waals surface area contributed by atoms with Crippen LogP contribution in [0.5, 0.6) is 0 Å². The number of hydrogen-bond donors (Lipinski definition) is 0.